The zero-order valence-electron chi connectivity index (χ0n) is 14.0. The first kappa shape index (κ1) is 17.5. The van der Waals surface area contributed by atoms with E-state index in [9.17, 15) is 9.59 Å². The van der Waals surface area contributed by atoms with Gasteiger partial charge in [-0.2, -0.15) is 0 Å². The molecule has 1 heterocycles. The van der Waals surface area contributed by atoms with E-state index < -0.39 is 0 Å². The topological polar surface area (TPSA) is 61.4 Å². The van der Waals surface area contributed by atoms with Crippen LogP contribution in [0.4, 0.5) is 5.69 Å². The Balaban J connectivity index is 1.74. The molecule has 0 atom stereocenters. The van der Waals surface area contributed by atoms with E-state index in [1.165, 1.54) is 0 Å². The van der Waals surface area contributed by atoms with Gasteiger partial charge in [-0.25, -0.2) is 0 Å². The fraction of sp³-hybridized carbons (Fsp3) is 0.263. The number of carbonyl (C=O) groups is 2. The second-order valence-corrected chi connectivity index (χ2v) is 6.41. The van der Waals surface area contributed by atoms with Crippen LogP contribution in [0.5, 0.6) is 0 Å². The molecule has 0 aliphatic carbocycles. The SMILES string of the molecule is Cc1ccccc1C(=O)Nc1ccc(C(=O)N2CCNCC2)c(Cl)c1. The summed E-state index contributed by atoms with van der Waals surface area (Å²) in [7, 11) is 0. The predicted molar refractivity (Wildman–Crippen MR) is 99.4 cm³/mol. The van der Waals surface area contributed by atoms with Crippen LogP contribution in [-0.2, 0) is 0 Å². The maximum atomic E-state index is 12.5. The molecule has 25 heavy (non-hydrogen) atoms. The van der Waals surface area contributed by atoms with Crippen LogP contribution in [0.25, 0.3) is 0 Å². The Morgan fingerprint density at radius 3 is 2.48 bits per heavy atom. The van der Waals surface area contributed by atoms with Crippen LogP contribution in [0.2, 0.25) is 5.02 Å². The largest absolute Gasteiger partial charge is 0.336 e. The normalized spacial score (nSPS) is 14.2. The van der Waals surface area contributed by atoms with Gasteiger partial charge >= 0.3 is 0 Å². The maximum absolute atomic E-state index is 12.5. The first-order valence-electron chi connectivity index (χ1n) is 8.23. The molecule has 1 aliphatic heterocycles. The number of anilines is 1. The number of carbonyl (C=O) groups excluding carboxylic acids is 2. The first-order valence-corrected chi connectivity index (χ1v) is 8.60. The molecule has 1 saturated heterocycles. The lowest BCUT2D eigenvalue weighted by molar-refractivity contribution is 0.0736. The van der Waals surface area contributed by atoms with Crippen molar-refractivity contribution in [1.29, 1.82) is 0 Å². The summed E-state index contributed by atoms with van der Waals surface area (Å²) in [6.07, 6.45) is 0. The van der Waals surface area contributed by atoms with Crippen molar-refractivity contribution in [2.45, 2.75) is 6.92 Å². The molecule has 2 amide bonds. The van der Waals surface area contributed by atoms with Gasteiger partial charge in [-0.3, -0.25) is 9.59 Å². The number of aryl methyl sites for hydroxylation is 1. The maximum Gasteiger partial charge on any atom is 0.255 e. The van der Waals surface area contributed by atoms with Crippen LogP contribution in [-0.4, -0.2) is 42.9 Å². The van der Waals surface area contributed by atoms with Crippen LogP contribution in [0.3, 0.4) is 0 Å². The highest BCUT2D eigenvalue weighted by Crippen LogP contribution is 2.23. The third-order valence-electron chi connectivity index (χ3n) is 4.25. The summed E-state index contributed by atoms with van der Waals surface area (Å²) in [6, 6.07) is 12.4. The molecule has 1 fully saturated rings. The quantitative estimate of drug-likeness (QED) is 0.887. The number of amides is 2. The summed E-state index contributed by atoms with van der Waals surface area (Å²) in [5.74, 6) is -0.279. The molecular weight excluding hydrogens is 338 g/mol. The summed E-state index contributed by atoms with van der Waals surface area (Å²) in [4.78, 5) is 26.7. The average molecular weight is 358 g/mol. The van der Waals surface area contributed by atoms with Crippen molar-refractivity contribution in [1.82, 2.24) is 10.2 Å². The van der Waals surface area contributed by atoms with Gasteiger partial charge in [0.15, 0.2) is 0 Å². The molecule has 2 N–H and O–H groups in total. The van der Waals surface area contributed by atoms with E-state index in [4.69, 9.17) is 11.6 Å². The fourth-order valence-electron chi connectivity index (χ4n) is 2.83. The zero-order valence-corrected chi connectivity index (χ0v) is 14.8. The molecule has 1 aliphatic rings. The molecule has 0 bridgehead atoms. The lowest BCUT2D eigenvalue weighted by Gasteiger charge is -2.27. The Morgan fingerprint density at radius 2 is 1.80 bits per heavy atom. The van der Waals surface area contributed by atoms with Crippen LogP contribution in [0.15, 0.2) is 42.5 Å². The van der Waals surface area contributed by atoms with Crippen molar-refractivity contribution in [3.05, 3.63) is 64.2 Å². The number of hydrogen-bond donors (Lipinski definition) is 2. The van der Waals surface area contributed by atoms with Crippen LogP contribution >= 0.6 is 11.6 Å². The summed E-state index contributed by atoms with van der Waals surface area (Å²) in [6.45, 7) is 4.79. The van der Waals surface area contributed by atoms with Crippen LogP contribution in [0, 0.1) is 6.92 Å². The molecule has 5 nitrogen and oxygen atoms in total. The van der Waals surface area contributed by atoms with Crippen molar-refractivity contribution in [2.75, 3.05) is 31.5 Å². The Labute approximate surface area is 152 Å². The number of hydrogen-bond acceptors (Lipinski definition) is 3. The molecule has 0 radical (unpaired) electrons. The molecule has 130 valence electrons. The second-order valence-electron chi connectivity index (χ2n) is 6.01. The Morgan fingerprint density at radius 1 is 1.08 bits per heavy atom. The summed E-state index contributed by atoms with van der Waals surface area (Å²) in [5, 5.41) is 6.38. The van der Waals surface area contributed by atoms with Gasteiger partial charge in [-0.15, -0.1) is 0 Å². The molecule has 0 spiro atoms. The highest BCUT2D eigenvalue weighted by molar-refractivity contribution is 6.34. The lowest BCUT2D eigenvalue weighted by Crippen LogP contribution is -2.46. The van der Waals surface area contributed by atoms with E-state index in [1.54, 1.807) is 29.2 Å². The number of nitrogens with zero attached hydrogens (tertiary/aromatic N) is 1. The zero-order chi connectivity index (χ0) is 17.8. The van der Waals surface area contributed by atoms with E-state index in [1.807, 2.05) is 25.1 Å². The van der Waals surface area contributed by atoms with E-state index >= 15 is 0 Å². The van der Waals surface area contributed by atoms with Gasteiger partial charge in [0.2, 0.25) is 0 Å². The van der Waals surface area contributed by atoms with E-state index in [-0.39, 0.29) is 11.8 Å². The summed E-state index contributed by atoms with van der Waals surface area (Å²) >= 11 is 6.29. The fourth-order valence-corrected chi connectivity index (χ4v) is 3.09. The predicted octanol–water partition coefficient (Wildman–Crippen LogP) is 2.95. The molecular formula is C19H20ClN3O2. The number of benzene rings is 2. The van der Waals surface area contributed by atoms with Crippen molar-refractivity contribution in [2.24, 2.45) is 0 Å². The van der Waals surface area contributed by atoms with Gasteiger partial charge in [0.25, 0.3) is 11.8 Å². The Hall–Kier alpha value is -2.37. The van der Waals surface area contributed by atoms with E-state index in [2.05, 4.69) is 10.6 Å². The minimum atomic E-state index is -0.199. The van der Waals surface area contributed by atoms with Crippen LogP contribution in [0.1, 0.15) is 26.3 Å². The number of rotatable bonds is 3. The first-order chi connectivity index (χ1) is 12.1. The number of nitrogens with one attached hydrogen (secondary N) is 2. The molecule has 6 heteroatoms. The molecule has 3 rings (SSSR count). The molecule has 0 aromatic heterocycles. The second kappa shape index (κ2) is 7.68. The van der Waals surface area contributed by atoms with Crippen molar-refractivity contribution >= 4 is 29.1 Å². The van der Waals surface area contributed by atoms with Crippen molar-refractivity contribution in [3.63, 3.8) is 0 Å². The van der Waals surface area contributed by atoms with Crippen molar-refractivity contribution < 1.29 is 9.59 Å². The smallest absolute Gasteiger partial charge is 0.255 e. The van der Waals surface area contributed by atoms with E-state index in [0.717, 1.165) is 18.7 Å². The van der Waals surface area contributed by atoms with Gasteiger partial charge in [0, 0.05) is 37.4 Å². The Kier molecular flexibility index (Phi) is 5.36. The average Bonchev–Trinajstić information content (AvgIpc) is 2.62. The van der Waals surface area contributed by atoms with Gasteiger partial charge in [0.05, 0.1) is 10.6 Å². The standard InChI is InChI=1S/C19H20ClN3O2/c1-13-4-2-3-5-15(13)18(24)22-14-6-7-16(17(20)12-14)19(25)23-10-8-21-9-11-23/h2-7,12,21H,8-11H2,1H3,(H,22,24). The summed E-state index contributed by atoms with van der Waals surface area (Å²) in [5.41, 5.74) is 2.53. The van der Waals surface area contributed by atoms with Gasteiger partial charge in [-0.05, 0) is 36.8 Å². The monoisotopic (exact) mass is 357 g/mol. The summed E-state index contributed by atoms with van der Waals surface area (Å²) < 4.78 is 0. The molecule has 2 aromatic carbocycles. The highest BCUT2D eigenvalue weighted by atomic mass is 35.5. The molecule has 2 aromatic rings. The van der Waals surface area contributed by atoms with E-state index in [0.29, 0.717) is 34.9 Å². The Bertz CT molecular complexity index is 801. The number of piperazine rings is 1. The highest BCUT2D eigenvalue weighted by Gasteiger charge is 2.20. The van der Waals surface area contributed by atoms with Gasteiger partial charge in [-0.1, -0.05) is 29.8 Å². The third-order valence-corrected chi connectivity index (χ3v) is 4.56. The number of halogens is 1. The van der Waals surface area contributed by atoms with Crippen molar-refractivity contribution in [3.8, 4) is 0 Å². The lowest BCUT2D eigenvalue weighted by atomic mass is 10.1. The van der Waals surface area contributed by atoms with Gasteiger partial charge < -0.3 is 15.5 Å². The van der Waals surface area contributed by atoms with Gasteiger partial charge in [0.1, 0.15) is 0 Å². The third kappa shape index (κ3) is 4.00. The minimum absolute atomic E-state index is 0.0803. The molecule has 0 unspecified atom stereocenters. The minimum Gasteiger partial charge on any atom is -0.336 e. The van der Waals surface area contributed by atoms with Crippen LogP contribution < -0.4 is 10.6 Å². The molecule has 0 saturated carbocycles.